The van der Waals surface area contributed by atoms with Crippen LogP contribution in [-0.2, 0) is 9.59 Å². The van der Waals surface area contributed by atoms with Crippen LogP contribution in [0.2, 0.25) is 0 Å². The Morgan fingerprint density at radius 3 is 2.00 bits per heavy atom. The number of carboxylic acid groups (broad SMARTS) is 1. The van der Waals surface area contributed by atoms with Gasteiger partial charge in [-0.25, -0.2) is 0 Å². The van der Waals surface area contributed by atoms with Gasteiger partial charge in [0.15, 0.2) is 0 Å². The highest BCUT2D eigenvalue weighted by Crippen LogP contribution is 1.98. The Morgan fingerprint density at radius 1 is 1.11 bits per heavy atom. The highest BCUT2D eigenvalue weighted by molar-refractivity contribution is 5.85. The van der Waals surface area contributed by atoms with Gasteiger partial charge in [-0.2, -0.15) is 0 Å². The lowest BCUT2D eigenvalue weighted by atomic mass is 10.2. The number of carbonyl (C=O) groups excluding carboxylic acids is 1. The van der Waals surface area contributed by atoms with Crippen LogP contribution in [0.25, 0.3) is 0 Å². The molecule has 6 heteroatoms. The van der Waals surface area contributed by atoms with E-state index in [1.807, 2.05) is 0 Å². The Balaban J connectivity index is 0. The minimum absolute atomic E-state index is 0. The molecule has 0 radical (unpaired) electrons. The fourth-order valence-electron chi connectivity index (χ4n) is 1.47. The van der Waals surface area contributed by atoms with Crippen LogP contribution in [0.4, 0.5) is 0 Å². The summed E-state index contributed by atoms with van der Waals surface area (Å²) >= 11 is 0. The molecule has 0 saturated carbocycles. The fourth-order valence-corrected chi connectivity index (χ4v) is 1.47. The van der Waals surface area contributed by atoms with E-state index in [1.165, 1.54) is 0 Å². The first-order valence-corrected chi connectivity index (χ1v) is 6.31. The van der Waals surface area contributed by atoms with Crippen molar-refractivity contribution in [1.82, 2.24) is 10.2 Å². The van der Waals surface area contributed by atoms with Gasteiger partial charge in [-0.3, -0.25) is 14.5 Å². The quantitative estimate of drug-likeness (QED) is 0.636. The van der Waals surface area contributed by atoms with Gasteiger partial charge in [-0.1, -0.05) is 26.7 Å². The zero-order valence-electron chi connectivity index (χ0n) is 11.3. The molecule has 0 bridgehead atoms. The van der Waals surface area contributed by atoms with Crippen molar-refractivity contribution < 1.29 is 14.7 Å². The Hall–Kier alpha value is -0.810. The topological polar surface area (TPSA) is 69.6 Å². The highest BCUT2D eigenvalue weighted by Gasteiger charge is 2.10. The molecule has 0 aliphatic heterocycles. The highest BCUT2D eigenvalue weighted by atomic mass is 35.5. The van der Waals surface area contributed by atoms with Crippen LogP contribution in [0.1, 0.15) is 39.5 Å². The predicted molar refractivity (Wildman–Crippen MR) is 74.1 cm³/mol. The average molecular weight is 281 g/mol. The summed E-state index contributed by atoms with van der Waals surface area (Å²) < 4.78 is 0. The van der Waals surface area contributed by atoms with Crippen molar-refractivity contribution in [2.75, 3.05) is 26.2 Å². The third-order valence-electron chi connectivity index (χ3n) is 2.46. The Labute approximate surface area is 115 Å². The summed E-state index contributed by atoms with van der Waals surface area (Å²) in [6, 6.07) is 0. The van der Waals surface area contributed by atoms with Gasteiger partial charge >= 0.3 is 5.97 Å². The summed E-state index contributed by atoms with van der Waals surface area (Å²) in [5.41, 5.74) is 0. The largest absolute Gasteiger partial charge is 0.480 e. The molecule has 1 amide bonds. The van der Waals surface area contributed by atoms with Gasteiger partial charge in [-0.15, -0.1) is 12.4 Å². The van der Waals surface area contributed by atoms with Gasteiger partial charge in [0.2, 0.25) is 5.91 Å². The molecule has 0 heterocycles. The van der Waals surface area contributed by atoms with Gasteiger partial charge < -0.3 is 10.4 Å². The van der Waals surface area contributed by atoms with Crippen LogP contribution in [0, 0.1) is 0 Å². The zero-order chi connectivity index (χ0) is 13.1. The van der Waals surface area contributed by atoms with Crippen molar-refractivity contribution in [3.63, 3.8) is 0 Å². The maximum absolute atomic E-state index is 11.5. The molecule has 0 aromatic heterocycles. The first-order valence-electron chi connectivity index (χ1n) is 6.31. The zero-order valence-corrected chi connectivity index (χ0v) is 12.1. The molecule has 108 valence electrons. The summed E-state index contributed by atoms with van der Waals surface area (Å²) in [4.78, 5) is 23.9. The first kappa shape index (κ1) is 19.5. The van der Waals surface area contributed by atoms with Crippen molar-refractivity contribution in [3.8, 4) is 0 Å². The molecule has 0 fully saturated rings. The second-order valence-corrected chi connectivity index (χ2v) is 4.15. The number of amides is 1. The molecule has 0 rings (SSSR count). The van der Waals surface area contributed by atoms with Crippen molar-refractivity contribution in [2.24, 2.45) is 0 Å². The van der Waals surface area contributed by atoms with Gasteiger partial charge in [0.1, 0.15) is 6.54 Å². The molecule has 0 saturated heterocycles. The Morgan fingerprint density at radius 2 is 1.61 bits per heavy atom. The van der Waals surface area contributed by atoms with E-state index in [-0.39, 0.29) is 24.9 Å². The van der Waals surface area contributed by atoms with Crippen molar-refractivity contribution in [2.45, 2.75) is 39.5 Å². The van der Waals surface area contributed by atoms with E-state index in [2.05, 4.69) is 24.1 Å². The molecule has 0 atom stereocenters. The van der Waals surface area contributed by atoms with E-state index < -0.39 is 5.97 Å². The van der Waals surface area contributed by atoms with E-state index in [1.54, 1.807) is 0 Å². The monoisotopic (exact) mass is 280 g/mol. The number of nitrogens with one attached hydrogen (secondary N) is 1. The van der Waals surface area contributed by atoms with Crippen LogP contribution < -0.4 is 5.32 Å². The third kappa shape index (κ3) is 11.7. The van der Waals surface area contributed by atoms with Gasteiger partial charge in [0, 0.05) is 0 Å². The maximum Gasteiger partial charge on any atom is 0.322 e. The first-order chi connectivity index (χ1) is 8.10. The van der Waals surface area contributed by atoms with Gasteiger partial charge in [0.25, 0.3) is 0 Å². The predicted octanol–water partition coefficient (Wildman–Crippen LogP) is 1.51. The molecule has 0 aliphatic rings. The molecular formula is C12H25ClN2O3. The Bertz CT molecular complexity index is 229. The van der Waals surface area contributed by atoms with E-state index >= 15 is 0 Å². The van der Waals surface area contributed by atoms with Crippen molar-refractivity contribution >= 4 is 24.3 Å². The van der Waals surface area contributed by atoms with Crippen LogP contribution in [0.3, 0.4) is 0 Å². The SMILES string of the molecule is CCCCN(CCCC)CC(=O)NCC(=O)O.Cl. The fraction of sp³-hybridized carbons (Fsp3) is 0.833. The average Bonchev–Trinajstić information content (AvgIpc) is 2.30. The second kappa shape index (κ2) is 12.6. The van der Waals surface area contributed by atoms with Gasteiger partial charge in [0.05, 0.1) is 6.54 Å². The molecule has 18 heavy (non-hydrogen) atoms. The van der Waals surface area contributed by atoms with E-state index in [0.717, 1.165) is 38.8 Å². The lowest BCUT2D eigenvalue weighted by molar-refractivity contribution is -0.138. The lowest BCUT2D eigenvalue weighted by Gasteiger charge is -2.20. The summed E-state index contributed by atoms with van der Waals surface area (Å²) in [5, 5.41) is 10.8. The molecule has 5 nitrogen and oxygen atoms in total. The van der Waals surface area contributed by atoms with Crippen LogP contribution in [0.15, 0.2) is 0 Å². The van der Waals surface area contributed by atoms with Gasteiger partial charge in [-0.05, 0) is 25.9 Å². The number of nitrogens with zero attached hydrogens (tertiary/aromatic N) is 1. The summed E-state index contributed by atoms with van der Waals surface area (Å²) in [6.45, 7) is 6.03. The number of hydrogen-bond acceptors (Lipinski definition) is 3. The summed E-state index contributed by atoms with van der Waals surface area (Å²) in [7, 11) is 0. The van der Waals surface area contributed by atoms with Crippen molar-refractivity contribution in [3.05, 3.63) is 0 Å². The van der Waals surface area contributed by atoms with Crippen LogP contribution in [-0.4, -0.2) is 48.1 Å². The number of unbranched alkanes of at least 4 members (excludes halogenated alkanes) is 2. The van der Waals surface area contributed by atoms with Crippen LogP contribution >= 0.6 is 12.4 Å². The normalized spacial score (nSPS) is 9.94. The number of hydrogen-bond donors (Lipinski definition) is 2. The molecule has 0 unspecified atom stereocenters. The maximum atomic E-state index is 11.5. The third-order valence-corrected chi connectivity index (χ3v) is 2.46. The molecule has 0 aromatic carbocycles. The number of aliphatic carboxylic acids is 1. The minimum Gasteiger partial charge on any atom is -0.480 e. The summed E-state index contributed by atoms with van der Waals surface area (Å²) in [5.74, 6) is -1.22. The molecule has 0 aromatic rings. The minimum atomic E-state index is -1.01. The lowest BCUT2D eigenvalue weighted by Crippen LogP contribution is -2.40. The molecule has 0 spiro atoms. The van der Waals surface area contributed by atoms with E-state index in [0.29, 0.717) is 6.54 Å². The number of rotatable bonds is 10. The second-order valence-electron chi connectivity index (χ2n) is 4.15. The molecule has 0 aliphatic carbocycles. The van der Waals surface area contributed by atoms with E-state index in [4.69, 9.17) is 5.11 Å². The standard InChI is InChI=1S/C12H24N2O3.ClH/c1-3-5-7-14(8-6-4-2)10-11(15)13-9-12(16)17;/h3-10H2,1-2H3,(H,13,15)(H,16,17);1H. The van der Waals surface area contributed by atoms with Crippen molar-refractivity contribution in [1.29, 1.82) is 0 Å². The Kier molecular flexibility index (Phi) is 13.7. The number of halogens is 1. The molecule has 2 N–H and O–H groups in total. The number of carboxylic acids is 1. The molecular weight excluding hydrogens is 256 g/mol. The number of carbonyl (C=O) groups is 2. The van der Waals surface area contributed by atoms with Crippen LogP contribution in [0.5, 0.6) is 0 Å². The summed E-state index contributed by atoms with van der Waals surface area (Å²) in [6.07, 6.45) is 4.32. The smallest absolute Gasteiger partial charge is 0.322 e. The van der Waals surface area contributed by atoms with E-state index in [9.17, 15) is 9.59 Å².